The summed E-state index contributed by atoms with van der Waals surface area (Å²) in [5.74, 6) is -0.829. The normalized spacial score (nSPS) is 10.9. The van der Waals surface area contributed by atoms with Crippen molar-refractivity contribution in [1.82, 2.24) is 4.90 Å². The van der Waals surface area contributed by atoms with Gasteiger partial charge in [-0.25, -0.2) is 8.42 Å². The number of hydrogen-bond donors (Lipinski definition) is 2. The van der Waals surface area contributed by atoms with Gasteiger partial charge in [0, 0.05) is 18.3 Å². The van der Waals surface area contributed by atoms with E-state index in [0.29, 0.717) is 16.4 Å². The molecular weight excluding hydrogens is 438 g/mol. The van der Waals surface area contributed by atoms with Crippen LogP contribution in [0.15, 0.2) is 83.8 Å². The number of para-hydroxylation sites is 2. The Hall–Kier alpha value is -3.36. The molecule has 0 radical (unpaired) electrons. The van der Waals surface area contributed by atoms with Crippen LogP contribution in [-0.2, 0) is 14.8 Å². The zero-order valence-corrected chi connectivity index (χ0v) is 18.2. The largest absolute Gasteiger partial charge is 0.332 e. The number of sulfonamides is 1. The van der Waals surface area contributed by atoms with Crippen LogP contribution in [-0.4, -0.2) is 38.7 Å². The Morgan fingerprint density at radius 2 is 1.52 bits per heavy atom. The Kier molecular flexibility index (Phi) is 6.94. The molecule has 0 aromatic heterocycles. The Labute approximate surface area is 185 Å². The minimum Gasteiger partial charge on any atom is -0.332 e. The first kappa shape index (κ1) is 22.3. The third-order valence-corrected chi connectivity index (χ3v) is 6.04. The Morgan fingerprint density at radius 1 is 0.903 bits per heavy atom. The second-order valence-corrected chi connectivity index (χ2v) is 8.77. The molecule has 2 amide bonds. The van der Waals surface area contributed by atoms with Crippen molar-refractivity contribution in [2.24, 2.45) is 0 Å². The Morgan fingerprint density at radius 3 is 2.16 bits per heavy atom. The van der Waals surface area contributed by atoms with Gasteiger partial charge in [0.05, 0.1) is 22.2 Å². The molecule has 7 nitrogen and oxygen atoms in total. The highest BCUT2D eigenvalue weighted by molar-refractivity contribution is 7.92. The van der Waals surface area contributed by atoms with Gasteiger partial charge in [0.2, 0.25) is 5.91 Å². The number of hydrogen-bond acceptors (Lipinski definition) is 4. The van der Waals surface area contributed by atoms with Crippen LogP contribution >= 0.6 is 11.6 Å². The third kappa shape index (κ3) is 5.84. The second-order valence-electron chi connectivity index (χ2n) is 6.69. The molecule has 0 saturated heterocycles. The molecule has 0 unspecified atom stereocenters. The van der Waals surface area contributed by atoms with Gasteiger partial charge in [-0.05, 0) is 48.5 Å². The molecule has 160 valence electrons. The van der Waals surface area contributed by atoms with Gasteiger partial charge in [-0.1, -0.05) is 41.9 Å². The van der Waals surface area contributed by atoms with Gasteiger partial charge in [0.25, 0.3) is 15.9 Å². The minimum atomic E-state index is -3.79. The molecule has 0 spiro atoms. The molecule has 3 aromatic carbocycles. The first-order valence-corrected chi connectivity index (χ1v) is 11.1. The van der Waals surface area contributed by atoms with Crippen LogP contribution in [0.5, 0.6) is 0 Å². The zero-order valence-electron chi connectivity index (χ0n) is 16.6. The van der Waals surface area contributed by atoms with Crippen LogP contribution in [0.4, 0.5) is 11.4 Å². The highest BCUT2D eigenvalue weighted by Crippen LogP contribution is 2.20. The molecule has 31 heavy (non-hydrogen) atoms. The number of benzene rings is 3. The van der Waals surface area contributed by atoms with Crippen LogP contribution in [0.25, 0.3) is 0 Å². The molecule has 9 heteroatoms. The van der Waals surface area contributed by atoms with E-state index in [9.17, 15) is 18.0 Å². The number of halogens is 1. The van der Waals surface area contributed by atoms with Crippen molar-refractivity contribution in [1.29, 1.82) is 0 Å². The molecule has 3 rings (SSSR count). The van der Waals surface area contributed by atoms with Crippen molar-refractivity contribution in [3.05, 3.63) is 89.4 Å². The monoisotopic (exact) mass is 457 g/mol. The lowest BCUT2D eigenvalue weighted by Gasteiger charge is -2.17. The molecule has 2 N–H and O–H groups in total. The molecule has 0 saturated carbocycles. The van der Waals surface area contributed by atoms with E-state index in [2.05, 4.69) is 10.0 Å². The Bertz CT molecular complexity index is 1180. The second kappa shape index (κ2) is 9.63. The van der Waals surface area contributed by atoms with Gasteiger partial charge in [0.15, 0.2) is 0 Å². The Balaban J connectivity index is 1.64. The van der Waals surface area contributed by atoms with E-state index in [-0.39, 0.29) is 17.0 Å². The summed E-state index contributed by atoms with van der Waals surface area (Å²) < 4.78 is 27.5. The number of nitrogens with zero attached hydrogens (tertiary/aromatic N) is 1. The van der Waals surface area contributed by atoms with E-state index in [1.165, 1.54) is 36.2 Å². The summed E-state index contributed by atoms with van der Waals surface area (Å²) in [6, 6.07) is 20.8. The van der Waals surface area contributed by atoms with Gasteiger partial charge in [-0.15, -0.1) is 0 Å². The number of amides is 2. The average Bonchev–Trinajstić information content (AvgIpc) is 2.75. The van der Waals surface area contributed by atoms with Gasteiger partial charge in [-0.2, -0.15) is 0 Å². The first-order chi connectivity index (χ1) is 14.8. The number of nitrogens with one attached hydrogen (secondary N) is 2. The zero-order chi connectivity index (χ0) is 22.4. The smallest absolute Gasteiger partial charge is 0.261 e. The van der Waals surface area contributed by atoms with Crippen LogP contribution in [0.1, 0.15) is 10.4 Å². The fourth-order valence-electron chi connectivity index (χ4n) is 2.76. The van der Waals surface area contributed by atoms with Crippen LogP contribution in [0, 0.1) is 0 Å². The lowest BCUT2D eigenvalue weighted by atomic mass is 10.2. The van der Waals surface area contributed by atoms with Crippen LogP contribution in [0.3, 0.4) is 0 Å². The van der Waals surface area contributed by atoms with Gasteiger partial charge in [-0.3, -0.25) is 14.3 Å². The number of carbonyl (C=O) groups is 2. The van der Waals surface area contributed by atoms with Gasteiger partial charge >= 0.3 is 0 Å². The highest BCUT2D eigenvalue weighted by atomic mass is 35.5. The molecule has 0 aliphatic rings. The maximum atomic E-state index is 12.6. The fraction of sp³-hybridized carbons (Fsp3) is 0.0909. The third-order valence-electron chi connectivity index (χ3n) is 4.31. The van der Waals surface area contributed by atoms with E-state index in [1.807, 2.05) is 0 Å². The summed E-state index contributed by atoms with van der Waals surface area (Å²) in [5, 5.41) is 3.04. The van der Waals surface area contributed by atoms with Crippen LogP contribution in [0.2, 0.25) is 5.02 Å². The van der Waals surface area contributed by atoms with Crippen molar-refractivity contribution >= 4 is 44.8 Å². The van der Waals surface area contributed by atoms with E-state index in [1.54, 1.807) is 54.6 Å². The number of rotatable bonds is 7. The van der Waals surface area contributed by atoms with E-state index < -0.39 is 21.8 Å². The van der Waals surface area contributed by atoms with E-state index in [4.69, 9.17) is 11.6 Å². The van der Waals surface area contributed by atoms with Crippen molar-refractivity contribution in [2.45, 2.75) is 4.90 Å². The van der Waals surface area contributed by atoms with Crippen molar-refractivity contribution < 1.29 is 18.0 Å². The number of likely N-dealkylation sites (N-methyl/N-ethyl adjacent to an activating group) is 1. The molecule has 0 aliphatic heterocycles. The van der Waals surface area contributed by atoms with Gasteiger partial charge < -0.3 is 10.2 Å². The quantitative estimate of drug-likeness (QED) is 0.563. The standard InChI is InChI=1S/C22H20ClN3O4S/c1-26(15-21(27)24-20-10-6-5-9-19(20)23)22(28)16-11-13-18(14-12-16)31(29,30)25-17-7-3-2-4-8-17/h2-14,25H,15H2,1H3,(H,24,27). The van der Waals surface area contributed by atoms with E-state index in [0.717, 1.165) is 0 Å². The fourth-order valence-corrected chi connectivity index (χ4v) is 4.00. The summed E-state index contributed by atoms with van der Waals surface area (Å²) in [7, 11) is -2.30. The SMILES string of the molecule is CN(CC(=O)Nc1ccccc1Cl)C(=O)c1ccc(S(=O)(=O)Nc2ccccc2)cc1. The topological polar surface area (TPSA) is 95.6 Å². The van der Waals surface area contributed by atoms with E-state index >= 15 is 0 Å². The maximum absolute atomic E-state index is 12.6. The molecule has 0 fully saturated rings. The summed E-state index contributed by atoms with van der Waals surface area (Å²) in [6.07, 6.45) is 0. The number of anilines is 2. The average molecular weight is 458 g/mol. The minimum absolute atomic E-state index is 0.0204. The lowest BCUT2D eigenvalue weighted by molar-refractivity contribution is -0.116. The summed E-state index contributed by atoms with van der Waals surface area (Å²) in [4.78, 5) is 26.1. The highest BCUT2D eigenvalue weighted by Gasteiger charge is 2.18. The van der Waals surface area contributed by atoms with Crippen molar-refractivity contribution in [3.8, 4) is 0 Å². The predicted octanol–water partition coefficient (Wildman–Crippen LogP) is 3.85. The lowest BCUT2D eigenvalue weighted by Crippen LogP contribution is -2.35. The molecule has 0 atom stereocenters. The summed E-state index contributed by atoms with van der Waals surface area (Å²) in [6.45, 7) is -0.195. The number of carbonyl (C=O) groups excluding carboxylic acids is 2. The molecule has 0 heterocycles. The summed E-state index contributed by atoms with van der Waals surface area (Å²) in [5.41, 5.74) is 1.15. The molecule has 3 aromatic rings. The molecular formula is C22H20ClN3O4S. The van der Waals surface area contributed by atoms with Crippen molar-refractivity contribution in [3.63, 3.8) is 0 Å². The predicted molar refractivity (Wildman–Crippen MR) is 121 cm³/mol. The van der Waals surface area contributed by atoms with Crippen molar-refractivity contribution in [2.75, 3.05) is 23.6 Å². The molecule has 0 bridgehead atoms. The summed E-state index contributed by atoms with van der Waals surface area (Å²) >= 11 is 6.02. The first-order valence-electron chi connectivity index (χ1n) is 9.24. The molecule has 0 aliphatic carbocycles. The maximum Gasteiger partial charge on any atom is 0.261 e. The van der Waals surface area contributed by atoms with Crippen LogP contribution < -0.4 is 10.0 Å². The van der Waals surface area contributed by atoms with Gasteiger partial charge in [0.1, 0.15) is 0 Å².